The van der Waals surface area contributed by atoms with E-state index < -0.39 is 0 Å². The van der Waals surface area contributed by atoms with Crippen LogP contribution in [0.25, 0.3) is 0 Å². The molecule has 1 aliphatic rings. The maximum Gasteiger partial charge on any atom is 0.220 e. The van der Waals surface area contributed by atoms with Crippen molar-refractivity contribution in [2.75, 3.05) is 6.54 Å². The predicted octanol–water partition coefficient (Wildman–Crippen LogP) is 3.05. The van der Waals surface area contributed by atoms with Gasteiger partial charge in [0.25, 0.3) is 0 Å². The van der Waals surface area contributed by atoms with Crippen LogP contribution in [-0.2, 0) is 11.3 Å². The molecule has 5 heteroatoms. The monoisotopic (exact) mass is 330 g/mol. The summed E-state index contributed by atoms with van der Waals surface area (Å²) in [6.45, 7) is 1.75. The van der Waals surface area contributed by atoms with Crippen molar-refractivity contribution in [3.05, 3.63) is 20.8 Å². The Balaban J connectivity index is 1.62. The molecule has 1 aromatic heterocycles. The summed E-state index contributed by atoms with van der Waals surface area (Å²) in [5.74, 6) is 0.159. The summed E-state index contributed by atoms with van der Waals surface area (Å²) in [7, 11) is 0. The molecule has 0 radical (unpaired) electrons. The van der Waals surface area contributed by atoms with E-state index in [2.05, 4.69) is 26.6 Å². The molecule has 2 N–H and O–H groups in total. The second kappa shape index (κ2) is 7.26. The minimum absolute atomic E-state index is 0.159. The van der Waals surface area contributed by atoms with Crippen molar-refractivity contribution in [1.82, 2.24) is 10.6 Å². The Morgan fingerprint density at radius 1 is 1.56 bits per heavy atom. The maximum atomic E-state index is 11.7. The van der Waals surface area contributed by atoms with E-state index in [1.54, 1.807) is 11.3 Å². The number of hydrogen-bond acceptors (Lipinski definition) is 3. The molecule has 1 amide bonds. The van der Waals surface area contributed by atoms with Gasteiger partial charge in [-0.15, -0.1) is 11.3 Å². The molecule has 100 valence electrons. The fourth-order valence-corrected chi connectivity index (χ4v) is 3.59. The number of carbonyl (C=O) groups is 1. The number of nitrogens with one attached hydrogen (secondary N) is 2. The van der Waals surface area contributed by atoms with Crippen molar-refractivity contribution in [3.63, 3.8) is 0 Å². The third kappa shape index (κ3) is 4.71. The van der Waals surface area contributed by atoms with Crippen LogP contribution in [0.2, 0.25) is 0 Å². The zero-order chi connectivity index (χ0) is 12.8. The van der Waals surface area contributed by atoms with E-state index in [1.807, 2.05) is 11.4 Å². The Morgan fingerprint density at radius 3 is 3.11 bits per heavy atom. The second-order valence-electron chi connectivity index (χ2n) is 4.69. The lowest BCUT2D eigenvalue weighted by Crippen LogP contribution is -2.35. The molecule has 1 aliphatic heterocycles. The third-order valence-corrected chi connectivity index (χ3v) is 4.91. The maximum absolute atomic E-state index is 11.7. The first kappa shape index (κ1) is 14.0. The molecule has 0 saturated carbocycles. The van der Waals surface area contributed by atoms with Gasteiger partial charge < -0.3 is 10.6 Å². The molecule has 0 spiro atoms. The molecule has 1 saturated heterocycles. The van der Waals surface area contributed by atoms with Crippen molar-refractivity contribution in [2.24, 2.45) is 0 Å². The van der Waals surface area contributed by atoms with E-state index in [-0.39, 0.29) is 5.91 Å². The van der Waals surface area contributed by atoms with Crippen LogP contribution in [0.3, 0.4) is 0 Å². The van der Waals surface area contributed by atoms with Gasteiger partial charge in [0.2, 0.25) is 5.91 Å². The van der Waals surface area contributed by atoms with E-state index in [0.29, 0.717) is 19.0 Å². The number of hydrogen-bond donors (Lipinski definition) is 2. The van der Waals surface area contributed by atoms with Crippen LogP contribution in [0.15, 0.2) is 15.9 Å². The SMILES string of the molecule is O=C(CCC1CCCCN1)NCc1cc(Br)cs1. The fraction of sp³-hybridized carbons (Fsp3) is 0.615. The van der Waals surface area contributed by atoms with Crippen LogP contribution in [0, 0.1) is 0 Å². The second-order valence-corrected chi connectivity index (χ2v) is 6.60. The van der Waals surface area contributed by atoms with Crippen LogP contribution in [-0.4, -0.2) is 18.5 Å². The summed E-state index contributed by atoms with van der Waals surface area (Å²) in [5, 5.41) is 8.48. The molecule has 0 aromatic carbocycles. The number of thiophene rings is 1. The van der Waals surface area contributed by atoms with Crippen molar-refractivity contribution < 1.29 is 4.79 Å². The van der Waals surface area contributed by atoms with Gasteiger partial charge in [0.15, 0.2) is 0 Å². The largest absolute Gasteiger partial charge is 0.351 e. The van der Waals surface area contributed by atoms with Gasteiger partial charge in [-0.3, -0.25) is 4.79 Å². The van der Waals surface area contributed by atoms with Crippen LogP contribution in [0.5, 0.6) is 0 Å². The summed E-state index contributed by atoms with van der Waals surface area (Å²) in [4.78, 5) is 12.9. The van der Waals surface area contributed by atoms with Gasteiger partial charge in [-0.1, -0.05) is 6.42 Å². The van der Waals surface area contributed by atoms with Gasteiger partial charge >= 0.3 is 0 Å². The van der Waals surface area contributed by atoms with E-state index in [0.717, 1.165) is 17.4 Å². The van der Waals surface area contributed by atoms with Crippen LogP contribution in [0.4, 0.5) is 0 Å². The van der Waals surface area contributed by atoms with E-state index >= 15 is 0 Å². The molecule has 18 heavy (non-hydrogen) atoms. The van der Waals surface area contributed by atoms with Gasteiger partial charge in [-0.2, -0.15) is 0 Å². The molecular weight excluding hydrogens is 312 g/mol. The first-order valence-corrected chi connectivity index (χ1v) is 8.14. The Kier molecular flexibility index (Phi) is 5.66. The van der Waals surface area contributed by atoms with E-state index in [9.17, 15) is 4.79 Å². The molecule has 1 aromatic rings. The van der Waals surface area contributed by atoms with Gasteiger partial charge in [-0.25, -0.2) is 0 Å². The minimum atomic E-state index is 0.159. The lowest BCUT2D eigenvalue weighted by atomic mass is 10.0. The first-order valence-electron chi connectivity index (χ1n) is 6.47. The topological polar surface area (TPSA) is 41.1 Å². The van der Waals surface area contributed by atoms with E-state index in [1.165, 1.54) is 24.1 Å². The van der Waals surface area contributed by atoms with E-state index in [4.69, 9.17) is 0 Å². The summed E-state index contributed by atoms with van der Waals surface area (Å²) in [5.41, 5.74) is 0. The predicted molar refractivity (Wildman–Crippen MR) is 78.7 cm³/mol. The Morgan fingerprint density at radius 2 is 2.44 bits per heavy atom. The highest BCUT2D eigenvalue weighted by Gasteiger charge is 2.13. The molecule has 2 heterocycles. The summed E-state index contributed by atoms with van der Waals surface area (Å²) in [6.07, 6.45) is 5.37. The Bertz CT molecular complexity index is 388. The molecule has 0 bridgehead atoms. The fourth-order valence-electron chi connectivity index (χ4n) is 2.20. The zero-order valence-electron chi connectivity index (χ0n) is 10.4. The lowest BCUT2D eigenvalue weighted by Gasteiger charge is -2.22. The van der Waals surface area contributed by atoms with Crippen molar-refractivity contribution in [2.45, 2.75) is 44.7 Å². The van der Waals surface area contributed by atoms with Crippen molar-refractivity contribution >= 4 is 33.2 Å². The molecule has 3 nitrogen and oxygen atoms in total. The Labute approximate surface area is 120 Å². The minimum Gasteiger partial charge on any atom is -0.351 e. The number of amides is 1. The normalized spacial score (nSPS) is 19.7. The molecule has 2 rings (SSSR count). The van der Waals surface area contributed by atoms with Gasteiger partial charge in [0.05, 0.1) is 6.54 Å². The highest BCUT2D eigenvalue weighted by Crippen LogP contribution is 2.19. The quantitative estimate of drug-likeness (QED) is 0.871. The third-order valence-electron chi connectivity index (χ3n) is 3.21. The van der Waals surface area contributed by atoms with Crippen LogP contribution >= 0.6 is 27.3 Å². The van der Waals surface area contributed by atoms with Crippen molar-refractivity contribution in [3.8, 4) is 0 Å². The Hall–Kier alpha value is -0.390. The number of halogens is 1. The number of piperidine rings is 1. The molecule has 1 unspecified atom stereocenters. The van der Waals surface area contributed by atoms with Gasteiger partial charge in [-0.05, 0) is 47.8 Å². The van der Waals surface area contributed by atoms with Crippen molar-refractivity contribution in [1.29, 1.82) is 0 Å². The van der Waals surface area contributed by atoms with Crippen LogP contribution in [0.1, 0.15) is 37.0 Å². The summed E-state index contributed by atoms with van der Waals surface area (Å²) < 4.78 is 1.09. The first-order chi connectivity index (χ1) is 8.74. The summed E-state index contributed by atoms with van der Waals surface area (Å²) in [6, 6.07) is 2.59. The zero-order valence-corrected chi connectivity index (χ0v) is 12.8. The highest BCUT2D eigenvalue weighted by atomic mass is 79.9. The summed E-state index contributed by atoms with van der Waals surface area (Å²) >= 11 is 5.08. The average molecular weight is 331 g/mol. The average Bonchev–Trinajstić information content (AvgIpc) is 2.81. The highest BCUT2D eigenvalue weighted by molar-refractivity contribution is 9.10. The standard InChI is InChI=1S/C13H19BrN2OS/c14-10-7-12(18-9-10)8-16-13(17)5-4-11-3-1-2-6-15-11/h7,9,11,15H,1-6,8H2,(H,16,17). The van der Waals surface area contributed by atoms with Gasteiger partial charge in [0, 0.05) is 27.2 Å². The van der Waals surface area contributed by atoms with Crippen LogP contribution < -0.4 is 10.6 Å². The lowest BCUT2D eigenvalue weighted by molar-refractivity contribution is -0.121. The van der Waals surface area contributed by atoms with Gasteiger partial charge in [0.1, 0.15) is 0 Å². The molecule has 1 atom stereocenters. The molecule has 1 fully saturated rings. The number of rotatable bonds is 5. The smallest absolute Gasteiger partial charge is 0.220 e. The molecule has 0 aliphatic carbocycles. The number of carbonyl (C=O) groups excluding carboxylic acids is 1. The molecular formula is C13H19BrN2OS.